The fraction of sp³-hybridized carbons (Fsp3) is 0.440. The molecule has 4 amide bonds. The SMILES string of the molecule is O=C(CC[C@@H]1NC(=O)N(Cc2ccc3c(c2)OCO3)C1=O)N1CC2CC(C1)c1cccc(=O)n1C2. The molecule has 0 spiro atoms. The van der Waals surface area contributed by atoms with Gasteiger partial charge in [0.1, 0.15) is 6.04 Å². The second kappa shape index (κ2) is 8.44. The largest absolute Gasteiger partial charge is 0.454 e. The molecule has 10 nitrogen and oxygen atoms in total. The third-order valence-electron chi connectivity index (χ3n) is 7.36. The number of carbonyl (C=O) groups is 3. The number of amides is 4. The quantitative estimate of drug-likeness (QED) is 0.651. The van der Waals surface area contributed by atoms with Crippen LogP contribution in [0.5, 0.6) is 11.5 Å². The number of hydrogen-bond acceptors (Lipinski definition) is 6. The van der Waals surface area contributed by atoms with Gasteiger partial charge in [-0.3, -0.25) is 19.3 Å². The van der Waals surface area contributed by atoms with E-state index in [2.05, 4.69) is 5.32 Å². The van der Waals surface area contributed by atoms with Gasteiger partial charge in [0, 0.05) is 43.7 Å². The minimum Gasteiger partial charge on any atom is -0.454 e. The molecule has 182 valence electrons. The van der Waals surface area contributed by atoms with Crippen LogP contribution in [0.4, 0.5) is 4.79 Å². The van der Waals surface area contributed by atoms with Gasteiger partial charge in [-0.25, -0.2) is 4.79 Å². The molecule has 0 aliphatic carbocycles. The van der Waals surface area contributed by atoms with Crippen molar-refractivity contribution in [3.8, 4) is 11.5 Å². The van der Waals surface area contributed by atoms with E-state index in [1.807, 2.05) is 15.5 Å². The van der Waals surface area contributed by atoms with Crippen molar-refractivity contribution in [2.24, 2.45) is 5.92 Å². The van der Waals surface area contributed by atoms with Gasteiger partial charge in [0.2, 0.25) is 12.7 Å². The normalized spacial score (nSPS) is 24.4. The summed E-state index contributed by atoms with van der Waals surface area (Å²) in [5.74, 6) is 1.27. The maximum atomic E-state index is 13.0. The van der Waals surface area contributed by atoms with Crippen molar-refractivity contribution in [1.29, 1.82) is 0 Å². The van der Waals surface area contributed by atoms with E-state index in [1.165, 1.54) is 4.90 Å². The van der Waals surface area contributed by atoms with Gasteiger partial charge in [-0.15, -0.1) is 0 Å². The summed E-state index contributed by atoms with van der Waals surface area (Å²) in [7, 11) is 0. The minimum absolute atomic E-state index is 0.0118. The number of carbonyl (C=O) groups excluding carboxylic acids is 3. The molecule has 1 aromatic carbocycles. The first-order valence-electron chi connectivity index (χ1n) is 11.9. The molecule has 2 aromatic rings. The number of hydrogen-bond donors (Lipinski definition) is 1. The maximum absolute atomic E-state index is 13.0. The lowest BCUT2D eigenvalue weighted by molar-refractivity contribution is -0.134. The number of ether oxygens (including phenoxy) is 2. The second-order valence-corrected chi connectivity index (χ2v) is 9.65. The van der Waals surface area contributed by atoms with Gasteiger partial charge in [-0.2, -0.15) is 0 Å². The molecule has 0 radical (unpaired) electrons. The predicted molar refractivity (Wildman–Crippen MR) is 123 cm³/mol. The number of nitrogens with zero attached hydrogens (tertiary/aromatic N) is 3. The molecule has 10 heteroatoms. The van der Waals surface area contributed by atoms with Crippen LogP contribution in [-0.2, 0) is 22.7 Å². The summed E-state index contributed by atoms with van der Waals surface area (Å²) in [6, 6.07) is 9.47. The lowest BCUT2D eigenvalue weighted by Gasteiger charge is -2.42. The number of rotatable bonds is 5. The molecular weight excluding hydrogens is 452 g/mol. The Morgan fingerprint density at radius 2 is 1.89 bits per heavy atom. The summed E-state index contributed by atoms with van der Waals surface area (Å²) >= 11 is 0. The Bertz CT molecular complexity index is 1270. The van der Waals surface area contributed by atoms with Crippen molar-refractivity contribution in [2.75, 3.05) is 19.9 Å². The summed E-state index contributed by atoms with van der Waals surface area (Å²) < 4.78 is 12.5. The number of aromatic nitrogens is 1. The Hall–Kier alpha value is -3.82. The topological polar surface area (TPSA) is 110 Å². The van der Waals surface area contributed by atoms with Gasteiger partial charge in [-0.05, 0) is 42.5 Å². The molecular formula is C25H26N4O6. The molecule has 2 fully saturated rings. The highest BCUT2D eigenvalue weighted by molar-refractivity contribution is 6.04. The molecule has 4 aliphatic heterocycles. The Labute approximate surface area is 201 Å². The highest BCUT2D eigenvalue weighted by atomic mass is 16.7. The Balaban J connectivity index is 1.06. The van der Waals surface area contributed by atoms with E-state index in [-0.39, 0.29) is 55.4 Å². The molecule has 5 heterocycles. The number of piperidine rings is 1. The van der Waals surface area contributed by atoms with Crippen molar-refractivity contribution >= 4 is 17.8 Å². The van der Waals surface area contributed by atoms with Crippen LogP contribution in [0.2, 0.25) is 0 Å². The van der Waals surface area contributed by atoms with Crippen LogP contribution >= 0.6 is 0 Å². The third kappa shape index (κ3) is 3.92. The van der Waals surface area contributed by atoms with E-state index in [0.29, 0.717) is 31.1 Å². The van der Waals surface area contributed by atoms with E-state index in [4.69, 9.17) is 9.47 Å². The van der Waals surface area contributed by atoms with Crippen molar-refractivity contribution < 1.29 is 23.9 Å². The molecule has 4 aliphatic rings. The summed E-state index contributed by atoms with van der Waals surface area (Å²) in [5.41, 5.74) is 1.76. The zero-order valence-electron chi connectivity index (χ0n) is 19.1. The Morgan fingerprint density at radius 3 is 2.77 bits per heavy atom. The van der Waals surface area contributed by atoms with Crippen LogP contribution in [0.1, 0.15) is 36.4 Å². The van der Waals surface area contributed by atoms with Crippen LogP contribution in [0.25, 0.3) is 0 Å². The standard InChI is InChI=1S/C25H26N4O6/c30-22(27-10-16-8-17(13-27)19-2-1-3-23(31)28(19)12-16)7-5-18-24(32)29(25(33)26-18)11-15-4-6-20-21(9-15)35-14-34-20/h1-4,6,9,16-18H,5,7-8,10-14H2,(H,26,33)/t16?,17?,18-/m0/s1. The molecule has 0 saturated carbocycles. The lowest BCUT2D eigenvalue weighted by atomic mass is 9.83. The minimum atomic E-state index is -0.718. The van der Waals surface area contributed by atoms with Gasteiger partial charge in [0.15, 0.2) is 11.5 Å². The van der Waals surface area contributed by atoms with Gasteiger partial charge >= 0.3 is 6.03 Å². The van der Waals surface area contributed by atoms with E-state index in [1.54, 1.807) is 30.3 Å². The van der Waals surface area contributed by atoms with Gasteiger partial charge < -0.3 is 24.3 Å². The van der Waals surface area contributed by atoms with Gasteiger partial charge in [-0.1, -0.05) is 12.1 Å². The van der Waals surface area contributed by atoms with Crippen LogP contribution in [0.3, 0.4) is 0 Å². The molecule has 2 bridgehead atoms. The van der Waals surface area contributed by atoms with Crippen molar-refractivity contribution in [3.63, 3.8) is 0 Å². The van der Waals surface area contributed by atoms with Crippen molar-refractivity contribution in [3.05, 3.63) is 58.0 Å². The first kappa shape index (κ1) is 21.7. The summed E-state index contributed by atoms with van der Waals surface area (Å²) in [6.07, 6.45) is 1.40. The number of pyridine rings is 1. The van der Waals surface area contributed by atoms with E-state index in [0.717, 1.165) is 17.7 Å². The number of urea groups is 1. The van der Waals surface area contributed by atoms with Crippen LogP contribution in [0, 0.1) is 5.92 Å². The summed E-state index contributed by atoms with van der Waals surface area (Å²) in [6.45, 7) is 2.08. The van der Waals surface area contributed by atoms with E-state index < -0.39 is 12.1 Å². The van der Waals surface area contributed by atoms with Gasteiger partial charge in [0.05, 0.1) is 6.54 Å². The average Bonchev–Trinajstić information content (AvgIpc) is 3.42. The first-order chi connectivity index (χ1) is 17.0. The predicted octanol–water partition coefficient (Wildman–Crippen LogP) is 1.42. The van der Waals surface area contributed by atoms with Crippen LogP contribution in [-0.4, -0.2) is 58.1 Å². The molecule has 1 N–H and O–H groups in total. The van der Waals surface area contributed by atoms with Crippen molar-refractivity contribution in [2.45, 2.75) is 44.3 Å². The Kier molecular flexibility index (Phi) is 5.23. The highest BCUT2D eigenvalue weighted by Crippen LogP contribution is 2.35. The molecule has 6 rings (SSSR count). The summed E-state index contributed by atoms with van der Waals surface area (Å²) in [4.78, 5) is 53.6. The number of nitrogens with one attached hydrogen (secondary N) is 1. The fourth-order valence-electron chi connectivity index (χ4n) is 5.67. The van der Waals surface area contributed by atoms with E-state index in [9.17, 15) is 19.2 Å². The smallest absolute Gasteiger partial charge is 0.325 e. The lowest BCUT2D eigenvalue weighted by Crippen LogP contribution is -2.49. The number of imide groups is 1. The maximum Gasteiger partial charge on any atom is 0.325 e. The molecule has 35 heavy (non-hydrogen) atoms. The monoisotopic (exact) mass is 478 g/mol. The Morgan fingerprint density at radius 1 is 1.03 bits per heavy atom. The summed E-state index contributed by atoms with van der Waals surface area (Å²) in [5, 5.41) is 2.72. The molecule has 3 atom stereocenters. The zero-order valence-corrected chi connectivity index (χ0v) is 19.1. The molecule has 2 unspecified atom stereocenters. The molecule has 1 aromatic heterocycles. The van der Waals surface area contributed by atoms with Gasteiger partial charge in [0.25, 0.3) is 11.5 Å². The second-order valence-electron chi connectivity index (χ2n) is 9.65. The van der Waals surface area contributed by atoms with Crippen molar-refractivity contribution in [1.82, 2.24) is 19.7 Å². The molecule has 2 saturated heterocycles. The number of fused-ring (bicyclic) bond motifs is 5. The zero-order chi connectivity index (χ0) is 24.1. The first-order valence-corrected chi connectivity index (χ1v) is 11.9. The third-order valence-corrected chi connectivity index (χ3v) is 7.36. The van der Waals surface area contributed by atoms with Crippen LogP contribution < -0.4 is 20.3 Å². The fourth-order valence-corrected chi connectivity index (χ4v) is 5.67. The number of likely N-dealkylation sites (tertiary alicyclic amines) is 1. The number of benzene rings is 1. The van der Waals surface area contributed by atoms with E-state index >= 15 is 0 Å². The highest BCUT2D eigenvalue weighted by Gasteiger charge is 2.40. The van der Waals surface area contributed by atoms with Crippen LogP contribution in [0.15, 0.2) is 41.2 Å². The average molecular weight is 479 g/mol.